The van der Waals surface area contributed by atoms with Crippen LogP contribution in [0, 0.1) is 5.82 Å². The molecule has 3 rings (SSSR count). The van der Waals surface area contributed by atoms with Crippen LogP contribution in [-0.2, 0) is 13.1 Å². The summed E-state index contributed by atoms with van der Waals surface area (Å²) < 4.78 is 18.9. The highest BCUT2D eigenvalue weighted by atomic mass is 19.1. The molecule has 1 heterocycles. The number of furan rings is 1. The third-order valence-electron chi connectivity index (χ3n) is 3.78. The van der Waals surface area contributed by atoms with E-state index in [-0.39, 0.29) is 5.82 Å². The zero-order valence-electron chi connectivity index (χ0n) is 12.3. The lowest BCUT2D eigenvalue weighted by Gasteiger charge is -2.21. The summed E-state index contributed by atoms with van der Waals surface area (Å²) in [6.45, 7) is 4.43. The fourth-order valence-corrected chi connectivity index (χ4v) is 2.36. The number of hydrogen-bond acceptors (Lipinski definition) is 3. The molecule has 1 N–H and O–H groups in total. The molecule has 1 fully saturated rings. The molecule has 1 aromatic carbocycles. The minimum Gasteiger partial charge on any atom is -0.463 e. The van der Waals surface area contributed by atoms with Crippen LogP contribution in [0.2, 0.25) is 0 Å². The Hall–Kier alpha value is -1.81. The second-order valence-corrected chi connectivity index (χ2v) is 5.51. The Balaban J connectivity index is 1.61. The molecule has 0 aliphatic heterocycles. The van der Waals surface area contributed by atoms with E-state index in [0.29, 0.717) is 12.6 Å². The average Bonchev–Trinajstić information content (AvgIpc) is 3.23. The van der Waals surface area contributed by atoms with Crippen LogP contribution in [0.3, 0.4) is 0 Å². The van der Waals surface area contributed by atoms with E-state index in [1.165, 1.54) is 25.0 Å². The molecule has 0 amide bonds. The van der Waals surface area contributed by atoms with Crippen molar-refractivity contribution in [2.75, 3.05) is 11.4 Å². The van der Waals surface area contributed by atoms with Gasteiger partial charge in [0.2, 0.25) is 0 Å². The van der Waals surface area contributed by atoms with Crippen molar-refractivity contribution < 1.29 is 8.81 Å². The van der Waals surface area contributed by atoms with Gasteiger partial charge in [-0.05, 0) is 56.2 Å². The molecular weight excluding hydrogens is 267 g/mol. The van der Waals surface area contributed by atoms with Gasteiger partial charge in [0.15, 0.2) is 0 Å². The predicted octanol–water partition coefficient (Wildman–Crippen LogP) is 3.70. The van der Waals surface area contributed by atoms with Crippen molar-refractivity contribution in [2.24, 2.45) is 0 Å². The van der Waals surface area contributed by atoms with Crippen molar-refractivity contribution in [3.8, 4) is 0 Å². The Bertz CT molecular complexity index is 575. The van der Waals surface area contributed by atoms with Crippen LogP contribution < -0.4 is 10.2 Å². The molecule has 0 atom stereocenters. The van der Waals surface area contributed by atoms with Crippen LogP contribution in [-0.4, -0.2) is 12.6 Å². The van der Waals surface area contributed by atoms with Gasteiger partial charge in [0.1, 0.15) is 17.3 Å². The van der Waals surface area contributed by atoms with Crippen molar-refractivity contribution in [3.05, 3.63) is 53.7 Å². The molecule has 0 spiro atoms. The smallest absolute Gasteiger partial charge is 0.123 e. The van der Waals surface area contributed by atoms with Crippen molar-refractivity contribution >= 4 is 5.69 Å². The quantitative estimate of drug-likeness (QED) is 0.842. The number of anilines is 1. The summed E-state index contributed by atoms with van der Waals surface area (Å²) in [7, 11) is 0. The van der Waals surface area contributed by atoms with Crippen molar-refractivity contribution in [3.63, 3.8) is 0 Å². The van der Waals surface area contributed by atoms with Gasteiger partial charge in [-0.15, -0.1) is 0 Å². The molecule has 112 valence electrons. The molecule has 2 aromatic rings. The molecule has 21 heavy (non-hydrogen) atoms. The maximum absolute atomic E-state index is 13.0. The minimum absolute atomic E-state index is 0.207. The van der Waals surface area contributed by atoms with Gasteiger partial charge in [0, 0.05) is 18.3 Å². The van der Waals surface area contributed by atoms with Gasteiger partial charge in [0.05, 0.1) is 13.1 Å². The van der Waals surface area contributed by atoms with E-state index in [0.717, 1.165) is 30.3 Å². The second-order valence-electron chi connectivity index (χ2n) is 5.51. The van der Waals surface area contributed by atoms with E-state index >= 15 is 0 Å². The first-order chi connectivity index (χ1) is 10.2. The Morgan fingerprint density at radius 2 is 1.86 bits per heavy atom. The van der Waals surface area contributed by atoms with Crippen LogP contribution in [0.5, 0.6) is 0 Å². The van der Waals surface area contributed by atoms with Crippen LogP contribution in [0.25, 0.3) is 0 Å². The highest BCUT2D eigenvalue weighted by molar-refractivity contribution is 5.46. The first-order valence-electron chi connectivity index (χ1n) is 7.56. The first kappa shape index (κ1) is 14.1. The number of halogens is 1. The van der Waals surface area contributed by atoms with Crippen molar-refractivity contribution in [1.29, 1.82) is 0 Å². The van der Waals surface area contributed by atoms with E-state index in [9.17, 15) is 4.39 Å². The number of nitrogens with zero attached hydrogens (tertiary/aromatic N) is 1. The fraction of sp³-hybridized carbons (Fsp3) is 0.412. The topological polar surface area (TPSA) is 28.4 Å². The van der Waals surface area contributed by atoms with E-state index in [1.807, 2.05) is 12.1 Å². The predicted molar refractivity (Wildman–Crippen MR) is 81.7 cm³/mol. The molecule has 0 radical (unpaired) electrons. The van der Waals surface area contributed by atoms with Crippen LogP contribution >= 0.6 is 0 Å². The summed E-state index contributed by atoms with van der Waals surface area (Å²) in [6.07, 6.45) is 2.56. The number of hydrogen-bond donors (Lipinski definition) is 1. The molecular formula is C17H21FN2O. The van der Waals surface area contributed by atoms with Gasteiger partial charge in [-0.2, -0.15) is 0 Å². The zero-order chi connectivity index (χ0) is 14.7. The standard InChI is InChI=1S/C17H21FN2O/c1-2-20(15-7-3-13(18)4-8-15)12-17-10-9-16(21-17)11-19-14-5-6-14/h3-4,7-10,14,19H,2,5-6,11-12H2,1H3. The maximum Gasteiger partial charge on any atom is 0.123 e. The normalized spacial score (nSPS) is 14.4. The lowest BCUT2D eigenvalue weighted by molar-refractivity contribution is 0.443. The highest BCUT2D eigenvalue weighted by Gasteiger charge is 2.20. The molecule has 4 heteroatoms. The molecule has 1 aliphatic rings. The first-order valence-corrected chi connectivity index (χ1v) is 7.56. The fourth-order valence-electron chi connectivity index (χ4n) is 2.36. The highest BCUT2D eigenvalue weighted by Crippen LogP contribution is 2.21. The third-order valence-corrected chi connectivity index (χ3v) is 3.78. The van der Waals surface area contributed by atoms with E-state index in [2.05, 4.69) is 17.1 Å². The van der Waals surface area contributed by atoms with Gasteiger partial charge in [-0.25, -0.2) is 4.39 Å². The summed E-state index contributed by atoms with van der Waals surface area (Å²) in [6, 6.07) is 11.3. The van der Waals surface area contributed by atoms with Gasteiger partial charge in [0.25, 0.3) is 0 Å². The van der Waals surface area contributed by atoms with E-state index in [1.54, 1.807) is 12.1 Å². The Labute approximate surface area is 124 Å². The third kappa shape index (κ3) is 3.85. The number of rotatable bonds is 7. The molecule has 1 aromatic heterocycles. The molecule has 0 saturated heterocycles. The van der Waals surface area contributed by atoms with E-state index < -0.39 is 0 Å². The van der Waals surface area contributed by atoms with Gasteiger partial charge >= 0.3 is 0 Å². The monoisotopic (exact) mass is 288 g/mol. The van der Waals surface area contributed by atoms with E-state index in [4.69, 9.17) is 4.42 Å². The molecule has 0 bridgehead atoms. The Kier molecular flexibility index (Phi) is 4.25. The Morgan fingerprint density at radius 3 is 2.52 bits per heavy atom. The molecule has 3 nitrogen and oxygen atoms in total. The SMILES string of the molecule is CCN(Cc1ccc(CNC2CC2)o1)c1ccc(F)cc1. The van der Waals surface area contributed by atoms with Crippen LogP contribution in [0.15, 0.2) is 40.8 Å². The van der Waals surface area contributed by atoms with Crippen LogP contribution in [0.1, 0.15) is 31.3 Å². The summed E-state index contributed by atoms with van der Waals surface area (Å²) >= 11 is 0. The molecule has 1 aliphatic carbocycles. The second kappa shape index (κ2) is 6.31. The molecule has 1 saturated carbocycles. The minimum atomic E-state index is -0.207. The molecule has 0 unspecified atom stereocenters. The summed E-state index contributed by atoms with van der Waals surface area (Å²) in [4.78, 5) is 2.16. The summed E-state index contributed by atoms with van der Waals surface area (Å²) in [5.74, 6) is 1.71. The van der Waals surface area contributed by atoms with Gasteiger partial charge < -0.3 is 14.6 Å². The van der Waals surface area contributed by atoms with Gasteiger partial charge in [-0.3, -0.25) is 0 Å². The Morgan fingerprint density at radius 1 is 1.14 bits per heavy atom. The largest absolute Gasteiger partial charge is 0.463 e. The lowest BCUT2D eigenvalue weighted by atomic mass is 10.2. The van der Waals surface area contributed by atoms with Crippen LogP contribution in [0.4, 0.5) is 10.1 Å². The average molecular weight is 288 g/mol. The lowest BCUT2D eigenvalue weighted by Crippen LogP contribution is -2.21. The summed E-state index contributed by atoms with van der Waals surface area (Å²) in [5.41, 5.74) is 1.01. The van der Waals surface area contributed by atoms with Gasteiger partial charge in [-0.1, -0.05) is 0 Å². The summed E-state index contributed by atoms with van der Waals surface area (Å²) in [5, 5.41) is 3.44. The van der Waals surface area contributed by atoms with Crippen molar-refractivity contribution in [2.45, 2.75) is 38.9 Å². The number of benzene rings is 1. The van der Waals surface area contributed by atoms with Crippen molar-refractivity contribution in [1.82, 2.24) is 5.32 Å². The zero-order valence-corrected chi connectivity index (χ0v) is 12.3. The maximum atomic E-state index is 13.0. The number of nitrogens with one attached hydrogen (secondary N) is 1.